The van der Waals surface area contributed by atoms with Crippen LogP contribution in [0.4, 0.5) is 5.69 Å². The van der Waals surface area contributed by atoms with Crippen LogP contribution in [0.25, 0.3) is 0 Å². The summed E-state index contributed by atoms with van der Waals surface area (Å²) in [4.78, 5) is 2.40. The van der Waals surface area contributed by atoms with E-state index in [1.807, 2.05) is 6.07 Å². The van der Waals surface area contributed by atoms with Crippen LogP contribution in [0.5, 0.6) is 0 Å². The van der Waals surface area contributed by atoms with Crippen LogP contribution in [0.15, 0.2) is 16.6 Å². The van der Waals surface area contributed by atoms with Crippen LogP contribution in [-0.2, 0) is 0 Å². The Morgan fingerprint density at radius 2 is 2.05 bits per heavy atom. The molecule has 1 fully saturated rings. The van der Waals surface area contributed by atoms with Crippen molar-refractivity contribution in [2.24, 2.45) is 5.92 Å². The molecule has 1 aliphatic heterocycles. The van der Waals surface area contributed by atoms with Gasteiger partial charge in [-0.25, -0.2) is 0 Å². The highest BCUT2D eigenvalue weighted by Gasteiger charge is 2.30. The van der Waals surface area contributed by atoms with Gasteiger partial charge in [0.15, 0.2) is 0 Å². The molecule has 0 aromatic heterocycles. The number of halogens is 3. The lowest BCUT2D eigenvalue weighted by Gasteiger charge is -2.43. The molecular formula is C15H21BrCl2N2. The highest BCUT2D eigenvalue weighted by Crippen LogP contribution is 2.39. The lowest BCUT2D eigenvalue weighted by atomic mass is 9.98. The average molecular weight is 380 g/mol. The second kappa shape index (κ2) is 6.87. The predicted molar refractivity (Wildman–Crippen MR) is 92.2 cm³/mol. The van der Waals surface area contributed by atoms with Gasteiger partial charge in [-0.05, 0) is 40.4 Å². The number of rotatable bonds is 3. The van der Waals surface area contributed by atoms with Gasteiger partial charge >= 0.3 is 0 Å². The van der Waals surface area contributed by atoms with Crippen molar-refractivity contribution in [1.29, 1.82) is 0 Å². The summed E-state index contributed by atoms with van der Waals surface area (Å²) < 4.78 is 0.844. The third-order valence-corrected chi connectivity index (χ3v) is 5.81. The van der Waals surface area contributed by atoms with Crippen molar-refractivity contribution in [3.63, 3.8) is 0 Å². The Kier molecular flexibility index (Phi) is 5.63. The fourth-order valence-electron chi connectivity index (χ4n) is 2.67. The molecule has 1 heterocycles. The number of hydrogen-bond acceptors (Lipinski definition) is 2. The summed E-state index contributed by atoms with van der Waals surface area (Å²) in [5.74, 6) is 0.597. The first kappa shape index (κ1) is 16.4. The van der Waals surface area contributed by atoms with Crippen molar-refractivity contribution < 1.29 is 0 Å². The molecule has 0 amide bonds. The lowest BCUT2D eigenvalue weighted by molar-refractivity contribution is 0.325. The minimum absolute atomic E-state index is 0.458. The van der Waals surface area contributed by atoms with Crippen molar-refractivity contribution in [2.45, 2.75) is 39.3 Å². The molecule has 1 saturated heterocycles. The van der Waals surface area contributed by atoms with E-state index in [9.17, 15) is 0 Å². The molecule has 1 aromatic rings. The molecule has 0 saturated carbocycles. The Labute approximate surface area is 139 Å². The van der Waals surface area contributed by atoms with Gasteiger partial charge in [0, 0.05) is 29.6 Å². The standard InChI is InChI=1S/C15H21BrCl2N2/c1-4-10-7-19-12(9(2)3)8-20(10)13-6-5-11(16)14(17)15(13)18/h5-6,9-10,12,19H,4,7-8H2,1-3H3. The fourth-order valence-corrected chi connectivity index (χ4v) is 3.54. The summed E-state index contributed by atoms with van der Waals surface area (Å²) in [6.07, 6.45) is 1.09. The molecule has 20 heavy (non-hydrogen) atoms. The first-order valence-electron chi connectivity index (χ1n) is 7.09. The smallest absolute Gasteiger partial charge is 0.0837 e. The van der Waals surface area contributed by atoms with Crippen molar-refractivity contribution in [1.82, 2.24) is 5.32 Å². The molecule has 1 aromatic carbocycles. The highest BCUT2D eigenvalue weighted by atomic mass is 79.9. The fraction of sp³-hybridized carbons (Fsp3) is 0.600. The molecule has 2 rings (SSSR count). The zero-order valence-corrected chi connectivity index (χ0v) is 15.2. The quantitative estimate of drug-likeness (QED) is 0.746. The Morgan fingerprint density at radius 1 is 1.35 bits per heavy atom. The minimum Gasteiger partial charge on any atom is -0.364 e. The maximum atomic E-state index is 6.46. The maximum absolute atomic E-state index is 6.46. The summed E-state index contributed by atoms with van der Waals surface area (Å²) in [5.41, 5.74) is 1.04. The van der Waals surface area contributed by atoms with Gasteiger partial charge in [-0.3, -0.25) is 0 Å². The predicted octanol–water partition coefficient (Wildman–Crippen LogP) is 4.97. The van der Waals surface area contributed by atoms with Crippen molar-refractivity contribution in [3.05, 3.63) is 26.7 Å². The first-order chi connectivity index (χ1) is 9.45. The number of nitrogens with zero attached hydrogens (tertiary/aromatic N) is 1. The van der Waals surface area contributed by atoms with Gasteiger partial charge in [-0.2, -0.15) is 0 Å². The second-order valence-electron chi connectivity index (χ2n) is 5.67. The zero-order chi connectivity index (χ0) is 14.9. The molecule has 0 radical (unpaired) electrons. The Balaban J connectivity index is 2.34. The van der Waals surface area contributed by atoms with Gasteiger partial charge in [-0.15, -0.1) is 0 Å². The average Bonchev–Trinajstić information content (AvgIpc) is 2.44. The SMILES string of the molecule is CCC1CNC(C(C)C)CN1c1ccc(Br)c(Cl)c1Cl. The summed E-state index contributed by atoms with van der Waals surface area (Å²) >= 11 is 16.2. The lowest BCUT2D eigenvalue weighted by Crippen LogP contribution is -2.58. The van der Waals surface area contributed by atoms with Crippen LogP contribution in [0.1, 0.15) is 27.2 Å². The summed E-state index contributed by atoms with van der Waals surface area (Å²) in [6.45, 7) is 8.66. The van der Waals surface area contributed by atoms with E-state index >= 15 is 0 Å². The van der Waals surface area contributed by atoms with E-state index in [0.717, 1.165) is 29.7 Å². The molecule has 0 aliphatic carbocycles. The first-order valence-corrected chi connectivity index (χ1v) is 8.64. The molecule has 1 N–H and O–H groups in total. The molecule has 1 aliphatic rings. The van der Waals surface area contributed by atoms with Gasteiger partial charge in [0.2, 0.25) is 0 Å². The molecule has 5 heteroatoms. The van der Waals surface area contributed by atoms with Gasteiger partial charge in [0.05, 0.1) is 15.7 Å². The van der Waals surface area contributed by atoms with E-state index in [4.69, 9.17) is 23.2 Å². The Morgan fingerprint density at radius 3 is 2.65 bits per heavy atom. The maximum Gasteiger partial charge on any atom is 0.0837 e. The van der Waals surface area contributed by atoms with Crippen LogP contribution < -0.4 is 10.2 Å². The number of nitrogens with one attached hydrogen (secondary N) is 1. The number of anilines is 1. The summed E-state index contributed by atoms with van der Waals surface area (Å²) in [7, 11) is 0. The van der Waals surface area contributed by atoms with E-state index in [-0.39, 0.29) is 0 Å². The number of hydrogen-bond donors (Lipinski definition) is 1. The van der Waals surface area contributed by atoms with Crippen LogP contribution in [0.2, 0.25) is 10.0 Å². The molecular weight excluding hydrogens is 359 g/mol. The zero-order valence-electron chi connectivity index (χ0n) is 12.1. The minimum atomic E-state index is 0.458. The molecule has 0 bridgehead atoms. The third kappa shape index (κ3) is 3.27. The van der Waals surface area contributed by atoms with E-state index in [1.165, 1.54) is 0 Å². The summed E-state index contributed by atoms with van der Waals surface area (Å²) in [5, 5.41) is 4.88. The normalized spacial score (nSPS) is 23.4. The van der Waals surface area contributed by atoms with Crippen LogP contribution in [0.3, 0.4) is 0 Å². The van der Waals surface area contributed by atoms with Crippen LogP contribution in [0, 0.1) is 5.92 Å². The molecule has 112 valence electrons. The molecule has 2 atom stereocenters. The van der Waals surface area contributed by atoms with Gasteiger partial charge < -0.3 is 10.2 Å². The second-order valence-corrected chi connectivity index (χ2v) is 7.28. The van der Waals surface area contributed by atoms with E-state index in [2.05, 4.69) is 53.0 Å². The van der Waals surface area contributed by atoms with Crippen LogP contribution in [-0.4, -0.2) is 25.2 Å². The van der Waals surface area contributed by atoms with E-state index in [1.54, 1.807) is 0 Å². The van der Waals surface area contributed by atoms with Crippen molar-refractivity contribution in [2.75, 3.05) is 18.0 Å². The van der Waals surface area contributed by atoms with Crippen molar-refractivity contribution >= 4 is 44.8 Å². The Hall–Kier alpha value is 0.0400. The highest BCUT2D eigenvalue weighted by molar-refractivity contribution is 9.10. The van der Waals surface area contributed by atoms with Crippen LogP contribution >= 0.6 is 39.1 Å². The van der Waals surface area contributed by atoms with E-state index < -0.39 is 0 Å². The van der Waals surface area contributed by atoms with Crippen molar-refractivity contribution in [3.8, 4) is 0 Å². The topological polar surface area (TPSA) is 15.3 Å². The molecule has 2 unspecified atom stereocenters. The molecule has 0 spiro atoms. The van der Waals surface area contributed by atoms with Gasteiger partial charge in [0.25, 0.3) is 0 Å². The molecule has 2 nitrogen and oxygen atoms in total. The largest absolute Gasteiger partial charge is 0.364 e. The monoisotopic (exact) mass is 378 g/mol. The summed E-state index contributed by atoms with van der Waals surface area (Å²) in [6, 6.07) is 4.97. The van der Waals surface area contributed by atoms with Gasteiger partial charge in [-0.1, -0.05) is 44.0 Å². The Bertz CT molecular complexity index is 479. The third-order valence-electron chi connectivity index (χ3n) is 4.05. The van der Waals surface area contributed by atoms with E-state index in [0.29, 0.717) is 28.0 Å². The number of benzene rings is 1. The number of piperazine rings is 1. The van der Waals surface area contributed by atoms with Gasteiger partial charge in [0.1, 0.15) is 0 Å².